The van der Waals surface area contributed by atoms with Gasteiger partial charge in [-0.25, -0.2) is 4.98 Å². The van der Waals surface area contributed by atoms with E-state index in [-0.39, 0.29) is 0 Å². The summed E-state index contributed by atoms with van der Waals surface area (Å²) in [6, 6.07) is 3.51. The van der Waals surface area contributed by atoms with Gasteiger partial charge in [-0.1, -0.05) is 25.2 Å². The van der Waals surface area contributed by atoms with Crippen LogP contribution in [-0.4, -0.2) is 11.3 Å². The third-order valence-corrected chi connectivity index (χ3v) is 2.97. The molecule has 0 saturated heterocycles. The van der Waals surface area contributed by atoms with E-state index in [1.54, 1.807) is 18.3 Å². The second-order valence-electron chi connectivity index (χ2n) is 4.16. The number of hydrogen-bond donors (Lipinski definition) is 0. The molecular weight excluding hydrogens is 198 g/mol. The van der Waals surface area contributed by atoms with Crippen LogP contribution in [-0.2, 0) is 0 Å². The minimum atomic E-state index is 0.496. The average molecular weight is 213 g/mol. The standard InChI is InChI=1S/C14H15NO/c16-11-13-7-4-10-15-14(13)9-8-12-5-2-1-3-6-12/h4,7,10-12H,1-3,5-6H2. The molecule has 1 aromatic heterocycles. The Morgan fingerprint density at radius 1 is 1.31 bits per heavy atom. The Hall–Kier alpha value is -1.62. The van der Waals surface area contributed by atoms with Crippen LogP contribution in [0.15, 0.2) is 18.3 Å². The lowest BCUT2D eigenvalue weighted by Crippen LogP contribution is -2.03. The highest BCUT2D eigenvalue weighted by atomic mass is 16.1. The molecule has 82 valence electrons. The van der Waals surface area contributed by atoms with Gasteiger partial charge < -0.3 is 0 Å². The molecule has 0 aliphatic heterocycles. The highest BCUT2D eigenvalue weighted by Gasteiger charge is 2.10. The molecule has 2 nitrogen and oxygen atoms in total. The molecule has 0 bridgehead atoms. The van der Waals surface area contributed by atoms with E-state index in [1.165, 1.54) is 32.1 Å². The normalized spacial score (nSPS) is 16.2. The number of carbonyl (C=O) groups is 1. The van der Waals surface area contributed by atoms with Gasteiger partial charge in [0.15, 0.2) is 6.29 Å². The smallest absolute Gasteiger partial charge is 0.152 e. The van der Waals surface area contributed by atoms with E-state index < -0.39 is 0 Å². The number of pyridine rings is 1. The molecule has 2 rings (SSSR count). The summed E-state index contributed by atoms with van der Waals surface area (Å²) < 4.78 is 0. The Kier molecular flexibility index (Phi) is 3.71. The Labute approximate surface area is 96.1 Å². The first-order chi connectivity index (χ1) is 7.90. The van der Waals surface area contributed by atoms with E-state index >= 15 is 0 Å². The zero-order valence-corrected chi connectivity index (χ0v) is 9.28. The van der Waals surface area contributed by atoms with Gasteiger partial charge in [-0.2, -0.15) is 0 Å². The summed E-state index contributed by atoms with van der Waals surface area (Å²) in [5, 5.41) is 0. The van der Waals surface area contributed by atoms with E-state index in [0.717, 1.165) is 6.29 Å². The molecule has 0 spiro atoms. The number of hydrogen-bond acceptors (Lipinski definition) is 2. The van der Waals surface area contributed by atoms with Gasteiger partial charge in [-0.05, 0) is 30.9 Å². The Morgan fingerprint density at radius 3 is 2.88 bits per heavy atom. The van der Waals surface area contributed by atoms with Crippen LogP contribution in [0, 0.1) is 17.8 Å². The molecule has 0 N–H and O–H groups in total. The van der Waals surface area contributed by atoms with Crippen LogP contribution in [0.25, 0.3) is 0 Å². The fourth-order valence-corrected chi connectivity index (χ4v) is 2.03. The second-order valence-corrected chi connectivity index (χ2v) is 4.16. The Morgan fingerprint density at radius 2 is 2.12 bits per heavy atom. The van der Waals surface area contributed by atoms with Crippen molar-refractivity contribution in [2.45, 2.75) is 32.1 Å². The van der Waals surface area contributed by atoms with Gasteiger partial charge in [-0.15, -0.1) is 0 Å². The average Bonchev–Trinajstić information content (AvgIpc) is 2.38. The van der Waals surface area contributed by atoms with Crippen LogP contribution in [0.5, 0.6) is 0 Å². The fraction of sp³-hybridized carbons (Fsp3) is 0.429. The summed E-state index contributed by atoms with van der Waals surface area (Å²) >= 11 is 0. The van der Waals surface area contributed by atoms with Crippen LogP contribution in [0.2, 0.25) is 0 Å². The van der Waals surface area contributed by atoms with Crippen molar-refractivity contribution >= 4 is 6.29 Å². The number of carbonyl (C=O) groups excluding carboxylic acids is 1. The summed E-state index contributed by atoms with van der Waals surface area (Å²) in [6.45, 7) is 0. The first-order valence-electron chi connectivity index (χ1n) is 5.82. The molecular formula is C14H15NO. The molecule has 1 heterocycles. The molecule has 1 aliphatic rings. The summed E-state index contributed by atoms with van der Waals surface area (Å²) in [4.78, 5) is 14.9. The SMILES string of the molecule is O=Cc1cccnc1C#CC1CCCCC1. The Bertz CT molecular complexity index is 422. The van der Waals surface area contributed by atoms with Crippen molar-refractivity contribution in [2.75, 3.05) is 0 Å². The number of rotatable bonds is 1. The van der Waals surface area contributed by atoms with Crippen molar-refractivity contribution in [3.63, 3.8) is 0 Å². The van der Waals surface area contributed by atoms with E-state index in [2.05, 4.69) is 16.8 Å². The number of aldehydes is 1. The predicted octanol–water partition coefficient (Wildman–Crippen LogP) is 2.83. The largest absolute Gasteiger partial charge is 0.298 e. The summed E-state index contributed by atoms with van der Waals surface area (Å²) in [5.41, 5.74) is 1.20. The van der Waals surface area contributed by atoms with Gasteiger partial charge in [0.05, 0.1) is 0 Å². The molecule has 0 amide bonds. The molecule has 0 aromatic carbocycles. The summed E-state index contributed by atoms with van der Waals surface area (Å²) in [5.74, 6) is 6.78. The third-order valence-electron chi connectivity index (χ3n) is 2.97. The minimum Gasteiger partial charge on any atom is -0.298 e. The molecule has 2 heteroatoms. The van der Waals surface area contributed by atoms with Gasteiger partial charge in [0.25, 0.3) is 0 Å². The van der Waals surface area contributed by atoms with Crippen molar-refractivity contribution in [2.24, 2.45) is 5.92 Å². The van der Waals surface area contributed by atoms with Crippen LogP contribution in [0.1, 0.15) is 48.2 Å². The highest BCUT2D eigenvalue weighted by molar-refractivity contribution is 5.78. The monoisotopic (exact) mass is 213 g/mol. The molecule has 1 aromatic rings. The molecule has 1 aliphatic carbocycles. The summed E-state index contributed by atoms with van der Waals surface area (Å²) in [6.07, 6.45) is 8.77. The minimum absolute atomic E-state index is 0.496. The molecule has 0 unspecified atom stereocenters. The molecule has 1 fully saturated rings. The van der Waals surface area contributed by atoms with Crippen LogP contribution < -0.4 is 0 Å². The maximum Gasteiger partial charge on any atom is 0.152 e. The molecule has 0 radical (unpaired) electrons. The van der Waals surface area contributed by atoms with Gasteiger partial charge >= 0.3 is 0 Å². The van der Waals surface area contributed by atoms with Crippen LogP contribution in [0.4, 0.5) is 0 Å². The van der Waals surface area contributed by atoms with Gasteiger partial charge in [0, 0.05) is 17.7 Å². The van der Waals surface area contributed by atoms with Crippen molar-refractivity contribution in [3.8, 4) is 11.8 Å². The lowest BCUT2D eigenvalue weighted by Gasteiger charge is -2.15. The maximum atomic E-state index is 10.8. The molecule has 16 heavy (non-hydrogen) atoms. The van der Waals surface area contributed by atoms with Crippen LogP contribution >= 0.6 is 0 Å². The van der Waals surface area contributed by atoms with Crippen LogP contribution in [0.3, 0.4) is 0 Å². The van der Waals surface area contributed by atoms with Gasteiger partial charge in [0.1, 0.15) is 5.69 Å². The summed E-state index contributed by atoms with van der Waals surface area (Å²) in [7, 11) is 0. The van der Waals surface area contributed by atoms with Gasteiger partial charge in [-0.3, -0.25) is 4.79 Å². The zero-order chi connectivity index (χ0) is 11.2. The first kappa shape index (κ1) is 10.9. The van der Waals surface area contributed by atoms with Crippen molar-refractivity contribution < 1.29 is 4.79 Å². The topological polar surface area (TPSA) is 30.0 Å². The van der Waals surface area contributed by atoms with Crippen molar-refractivity contribution in [3.05, 3.63) is 29.6 Å². The zero-order valence-electron chi connectivity index (χ0n) is 9.28. The maximum absolute atomic E-state index is 10.8. The van der Waals surface area contributed by atoms with Gasteiger partial charge in [0.2, 0.25) is 0 Å². The Balaban J connectivity index is 2.13. The first-order valence-corrected chi connectivity index (χ1v) is 5.82. The van der Waals surface area contributed by atoms with E-state index in [4.69, 9.17) is 0 Å². The van der Waals surface area contributed by atoms with Crippen molar-refractivity contribution in [1.29, 1.82) is 0 Å². The van der Waals surface area contributed by atoms with E-state index in [1.807, 2.05) is 0 Å². The number of nitrogens with zero attached hydrogens (tertiary/aromatic N) is 1. The fourth-order valence-electron chi connectivity index (χ4n) is 2.03. The van der Waals surface area contributed by atoms with Crippen molar-refractivity contribution in [1.82, 2.24) is 4.98 Å². The van der Waals surface area contributed by atoms with E-state index in [0.29, 0.717) is 17.2 Å². The second kappa shape index (κ2) is 5.46. The van der Waals surface area contributed by atoms with E-state index in [9.17, 15) is 4.79 Å². The molecule has 0 atom stereocenters. The predicted molar refractivity (Wildman–Crippen MR) is 63.1 cm³/mol. The third kappa shape index (κ3) is 2.70. The lowest BCUT2D eigenvalue weighted by molar-refractivity contribution is 0.112. The highest BCUT2D eigenvalue weighted by Crippen LogP contribution is 2.22. The lowest BCUT2D eigenvalue weighted by atomic mass is 9.90. The number of aromatic nitrogens is 1. The quantitative estimate of drug-likeness (QED) is 0.530. The molecule has 1 saturated carbocycles.